The molecule has 112 valence electrons. The zero-order chi connectivity index (χ0) is 13.9. The lowest BCUT2D eigenvalue weighted by Crippen LogP contribution is -2.35. The minimum Gasteiger partial charge on any atom is -0.327 e. The summed E-state index contributed by atoms with van der Waals surface area (Å²) in [6.45, 7) is 7.82. The van der Waals surface area contributed by atoms with Gasteiger partial charge in [-0.1, -0.05) is 46.0 Å². The molecule has 4 atom stereocenters. The second-order valence-electron chi connectivity index (χ2n) is 8.12. The fourth-order valence-corrected chi connectivity index (χ4v) is 4.52. The van der Waals surface area contributed by atoms with Gasteiger partial charge in [0.15, 0.2) is 0 Å². The van der Waals surface area contributed by atoms with E-state index in [0.29, 0.717) is 17.5 Å². The molecule has 1 saturated heterocycles. The monoisotopic (exact) mass is 266 g/mol. The highest BCUT2D eigenvalue weighted by Gasteiger charge is 2.28. The summed E-state index contributed by atoms with van der Waals surface area (Å²) in [7, 11) is 0. The summed E-state index contributed by atoms with van der Waals surface area (Å²) in [4.78, 5) is 0. The van der Waals surface area contributed by atoms with Crippen LogP contribution in [0.5, 0.6) is 0 Å². The first-order chi connectivity index (χ1) is 8.94. The van der Waals surface area contributed by atoms with E-state index in [1.165, 1.54) is 12.8 Å². The standard InChI is InChI=1S/C9H20N2.C8H14/c1-7-4-9(2,3)5-8(10)6-11-7;1-2-7-4-5-8(3-1)6-7/h7-8,11H,4-6,10H2,1-3H3;7-8H,1-6H2. The van der Waals surface area contributed by atoms with Crippen LogP contribution in [0.15, 0.2) is 0 Å². The molecule has 2 heteroatoms. The van der Waals surface area contributed by atoms with Crippen molar-refractivity contribution in [2.24, 2.45) is 23.0 Å². The number of hydrogen-bond donors (Lipinski definition) is 2. The molecule has 1 aliphatic heterocycles. The van der Waals surface area contributed by atoms with Crippen LogP contribution in [0, 0.1) is 17.3 Å². The summed E-state index contributed by atoms with van der Waals surface area (Å²) in [6.07, 6.45) is 11.7. The van der Waals surface area contributed by atoms with Crippen molar-refractivity contribution >= 4 is 0 Å². The Bertz CT molecular complexity index is 246. The Kier molecular flexibility index (Phi) is 5.30. The van der Waals surface area contributed by atoms with Gasteiger partial charge in [0.1, 0.15) is 0 Å². The van der Waals surface area contributed by atoms with Gasteiger partial charge in [-0.15, -0.1) is 0 Å². The van der Waals surface area contributed by atoms with E-state index in [-0.39, 0.29) is 0 Å². The van der Waals surface area contributed by atoms with Crippen LogP contribution in [0.25, 0.3) is 0 Å². The molecule has 2 aliphatic carbocycles. The maximum absolute atomic E-state index is 5.91. The quantitative estimate of drug-likeness (QED) is 0.701. The lowest BCUT2D eigenvalue weighted by Gasteiger charge is -2.25. The minimum atomic E-state index is 0.343. The fourth-order valence-electron chi connectivity index (χ4n) is 4.52. The van der Waals surface area contributed by atoms with E-state index >= 15 is 0 Å². The van der Waals surface area contributed by atoms with Gasteiger partial charge < -0.3 is 11.1 Å². The molecule has 19 heavy (non-hydrogen) atoms. The van der Waals surface area contributed by atoms with Gasteiger partial charge >= 0.3 is 0 Å². The van der Waals surface area contributed by atoms with Crippen molar-refractivity contribution in [1.29, 1.82) is 0 Å². The highest BCUT2D eigenvalue weighted by molar-refractivity contribution is 4.85. The average Bonchev–Trinajstić information content (AvgIpc) is 2.58. The second kappa shape index (κ2) is 6.58. The van der Waals surface area contributed by atoms with Crippen molar-refractivity contribution < 1.29 is 0 Å². The molecule has 4 unspecified atom stereocenters. The SMILES string of the molecule is C1CC2CCC(C1)C2.CC1CC(C)(C)CC(N)CN1. The highest BCUT2D eigenvalue weighted by Crippen LogP contribution is 2.41. The summed E-state index contributed by atoms with van der Waals surface area (Å²) >= 11 is 0. The zero-order valence-electron chi connectivity index (χ0n) is 13.3. The first kappa shape index (κ1) is 15.3. The fraction of sp³-hybridized carbons (Fsp3) is 1.00. The summed E-state index contributed by atoms with van der Waals surface area (Å²) in [5.74, 6) is 2.32. The molecular weight excluding hydrogens is 232 g/mol. The smallest absolute Gasteiger partial charge is 0.0170 e. The zero-order valence-corrected chi connectivity index (χ0v) is 13.3. The third kappa shape index (κ3) is 5.07. The maximum atomic E-state index is 5.91. The van der Waals surface area contributed by atoms with Crippen molar-refractivity contribution in [1.82, 2.24) is 5.32 Å². The van der Waals surface area contributed by atoms with E-state index in [4.69, 9.17) is 5.73 Å². The minimum absolute atomic E-state index is 0.343. The van der Waals surface area contributed by atoms with Crippen LogP contribution < -0.4 is 11.1 Å². The van der Waals surface area contributed by atoms with E-state index < -0.39 is 0 Å². The van der Waals surface area contributed by atoms with Gasteiger partial charge in [0, 0.05) is 18.6 Å². The van der Waals surface area contributed by atoms with E-state index in [0.717, 1.165) is 24.8 Å². The molecule has 3 aliphatic rings. The molecule has 3 N–H and O–H groups in total. The molecule has 0 amide bonds. The van der Waals surface area contributed by atoms with Crippen molar-refractivity contribution in [3.63, 3.8) is 0 Å². The second-order valence-corrected chi connectivity index (χ2v) is 8.12. The number of nitrogens with one attached hydrogen (secondary N) is 1. The predicted molar refractivity (Wildman–Crippen MR) is 83.1 cm³/mol. The molecule has 3 rings (SSSR count). The van der Waals surface area contributed by atoms with Crippen LogP contribution in [0.3, 0.4) is 0 Å². The molecule has 2 bridgehead atoms. The number of hydrogen-bond acceptors (Lipinski definition) is 2. The van der Waals surface area contributed by atoms with Crippen LogP contribution in [0.4, 0.5) is 0 Å². The molecule has 0 aromatic carbocycles. The average molecular weight is 266 g/mol. The molecule has 0 aromatic heterocycles. The van der Waals surface area contributed by atoms with Crippen LogP contribution in [-0.4, -0.2) is 18.6 Å². The molecule has 0 radical (unpaired) electrons. The molecule has 0 aromatic rings. The van der Waals surface area contributed by atoms with E-state index in [1.807, 2.05) is 0 Å². The van der Waals surface area contributed by atoms with Crippen molar-refractivity contribution in [3.8, 4) is 0 Å². The van der Waals surface area contributed by atoms with Gasteiger partial charge in [0.25, 0.3) is 0 Å². The summed E-state index contributed by atoms with van der Waals surface area (Å²) in [5, 5.41) is 3.42. The topological polar surface area (TPSA) is 38.0 Å². The first-order valence-corrected chi connectivity index (χ1v) is 8.43. The Balaban J connectivity index is 0.000000146. The van der Waals surface area contributed by atoms with E-state index in [2.05, 4.69) is 26.1 Å². The normalized spacial score (nSPS) is 41.1. The maximum Gasteiger partial charge on any atom is 0.0170 e. The lowest BCUT2D eigenvalue weighted by atomic mass is 9.82. The van der Waals surface area contributed by atoms with Gasteiger partial charge in [-0.05, 0) is 43.4 Å². The molecular formula is C17H34N2. The lowest BCUT2D eigenvalue weighted by molar-refractivity contribution is 0.288. The highest BCUT2D eigenvalue weighted by atomic mass is 14.9. The molecule has 2 nitrogen and oxygen atoms in total. The van der Waals surface area contributed by atoms with Gasteiger partial charge in [-0.25, -0.2) is 0 Å². The molecule has 2 saturated carbocycles. The first-order valence-electron chi connectivity index (χ1n) is 8.43. The van der Waals surface area contributed by atoms with Gasteiger partial charge in [-0.3, -0.25) is 0 Å². The number of nitrogens with two attached hydrogens (primary N) is 1. The van der Waals surface area contributed by atoms with Crippen LogP contribution in [0.2, 0.25) is 0 Å². The Hall–Kier alpha value is -0.0800. The Morgan fingerprint density at radius 3 is 2.21 bits per heavy atom. The largest absolute Gasteiger partial charge is 0.327 e. The Morgan fingerprint density at radius 1 is 1.00 bits per heavy atom. The van der Waals surface area contributed by atoms with Crippen LogP contribution >= 0.6 is 0 Å². The van der Waals surface area contributed by atoms with Crippen LogP contribution in [0.1, 0.15) is 72.1 Å². The third-order valence-electron chi connectivity index (χ3n) is 5.28. The van der Waals surface area contributed by atoms with E-state index in [9.17, 15) is 0 Å². The van der Waals surface area contributed by atoms with E-state index in [1.54, 1.807) is 32.1 Å². The third-order valence-corrected chi connectivity index (χ3v) is 5.28. The van der Waals surface area contributed by atoms with Gasteiger partial charge in [0.2, 0.25) is 0 Å². The molecule has 0 spiro atoms. The Morgan fingerprint density at radius 2 is 1.63 bits per heavy atom. The number of rotatable bonds is 0. The molecule has 3 fully saturated rings. The van der Waals surface area contributed by atoms with Crippen molar-refractivity contribution in [3.05, 3.63) is 0 Å². The Labute approximate surface area is 119 Å². The predicted octanol–water partition coefficient (Wildman–Crippen LogP) is 3.70. The van der Waals surface area contributed by atoms with Crippen LogP contribution in [-0.2, 0) is 0 Å². The van der Waals surface area contributed by atoms with Crippen molar-refractivity contribution in [2.75, 3.05) is 6.54 Å². The molecule has 1 heterocycles. The summed E-state index contributed by atoms with van der Waals surface area (Å²) < 4.78 is 0. The van der Waals surface area contributed by atoms with Gasteiger partial charge in [-0.2, -0.15) is 0 Å². The van der Waals surface area contributed by atoms with Crippen molar-refractivity contribution in [2.45, 2.75) is 84.2 Å². The summed E-state index contributed by atoms with van der Waals surface area (Å²) in [6, 6.07) is 0.966. The summed E-state index contributed by atoms with van der Waals surface area (Å²) in [5.41, 5.74) is 6.33. The number of fused-ring (bicyclic) bond motifs is 2. The van der Waals surface area contributed by atoms with Gasteiger partial charge in [0.05, 0.1) is 0 Å².